The molecule has 0 spiro atoms. The highest BCUT2D eigenvalue weighted by Gasteiger charge is 2.08. The van der Waals surface area contributed by atoms with E-state index in [2.05, 4.69) is 15.2 Å². The summed E-state index contributed by atoms with van der Waals surface area (Å²) in [5.41, 5.74) is 6.56. The van der Waals surface area contributed by atoms with Crippen LogP contribution < -0.4 is 11.4 Å². The summed E-state index contributed by atoms with van der Waals surface area (Å²) in [7, 11) is 1.66. The van der Waals surface area contributed by atoms with Crippen LogP contribution >= 0.6 is 11.8 Å². The molecule has 17 heavy (non-hydrogen) atoms. The number of aromatic amines is 1. The average Bonchev–Trinajstić information content (AvgIpc) is 2.61. The first-order valence-electron chi connectivity index (χ1n) is 5.08. The molecule has 7 heteroatoms. The minimum Gasteiger partial charge on any atom is -0.324 e. The van der Waals surface area contributed by atoms with Crippen molar-refractivity contribution in [1.82, 2.24) is 19.7 Å². The summed E-state index contributed by atoms with van der Waals surface area (Å²) in [6.45, 7) is 1.91. The van der Waals surface area contributed by atoms with Crippen molar-refractivity contribution >= 4 is 11.8 Å². The Bertz CT molecular complexity index is 574. The number of nitrogens with one attached hydrogen (secondary N) is 1. The molecule has 0 aromatic carbocycles. The van der Waals surface area contributed by atoms with E-state index in [1.54, 1.807) is 13.2 Å². The second kappa shape index (κ2) is 4.72. The molecule has 0 aliphatic rings. The lowest BCUT2D eigenvalue weighted by Crippen LogP contribution is -2.12. The van der Waals surface area contributed by atoms with E-state index in [4.69, 9.17) is 5.73 Å². The molecule has 1 atom stereocenters. The number of pyridine rings is 1. The zero-order chi connectivity index (χ0) is 12.4. The van der Waals surface area contributed by atoms with Gasteiger partial charge in [0.15, 0.2) is 5.16 Å². The van der Waals surface area contributed by atoms with Gasteiger partial charge in [0.05, 0.1) is 0 Å². The molecule has 2 aromatic heterocycles. The van der Waals surface area contributed by atoms with Crippen molar-refractivity contribution < 1.29 is 0 Å². The Kier molecular flexibility index (Phi) is 3.30. The highest BCUT2D eigenvalue weighted by Crippen LogP contribution is 2.24. The fourth-order valence-corrected chi connectivity index (χ4v) is 2.09. The van der Waals surface area contributed by atoms with Crippen LogP contribution in [0, 0.1) is 0 Å². The number of H-pyrrole nitrogens is 1. The minimum atomic E-state index is -0.240. The number of hydrogen-bond donors (Lipinski definition) is 2. The van der Waals surface area contributed by atoms with Gasteiger partial charge in [-0.2, -0.15) is 0 Å². The molecule has 0 saturated carbocycles. The summed E-state index contributed by atoms with van der Waals surface area (Å²) in [6, 6.07) is 3.73. The zero-order valence-electron chi connectivity index (χ0n) is 9.54. The van der Waals surface area contributed by atoms with Crippen molar-refractivity contribution in [3.05, 3.63) is 34.4 Å². The van der Waals surface area contributed by atoms with Gasteiger partial charge in [0.25, 0.3) is 0 Å². The largest absolute Gasteiger partial charge is 0.343 e. The van der Waals surface area contributed by atoms with E-state index >= 15 is 0 Å². The highest BCUT2D eigenvalue weighted by molar-refractivity contribution is 7.99. The lowest BCUT2D eigenvalue weighted by molar-refractivity contribution is 0.763. The van der Waals surface area contributed by atoms with Crippen LogP contribution in [-0.2, 0) is 7.05 Å². The van der Waals surface area contributed by atoms with Gasteiger partial charge < -0.3 is 5.73 Å². The normalized spacial score (nSPS) is 12.6. The molecule has 6 nitrogen and oxygen atoms in total. The molecular weight excluding hydrogens is 238 g/mol. The Morgan fingerprint density at radius 1 is 1.59 bits per heavy atom. The maximum atomic E-state index is 11.2. The molecule has 2 rings (SSSR count). The van der Waals surface area contributed by atoms with Crippen molar-refractivity contribution in [2.45, 2.75) is 23.1 Å². The number of rotatable bonds is 3. The Morgan fingerprint density at radius 3 is 2.94 bits per heavy atom. The van der Waals surface area contributed by atoms with Gasteiger partial charge in [-0.25, -0.2) is 14.9 Å². The molecule has 0 aliphatic carbocycles. The van der Waals surface area contributed by atoms with Crippen LogP contribution in [0.4, 0.5) is 0 Å². The van der Waals surface area contributed by atoms with Gasteiger partial charge in [0.1, 0.15) is 5.03 Å². The summed E-state index contributed by atoms with van der Waals surface area (Å²) >= 11 is 1.32. The van der Waals surface area contributed by atoms with Crippen LogP contribution in [0.25, 0.3) is 0 Å². The number of hydrogen-bond acceptors (Lipinski definition) is 5. The standard InChI is InChI=1S/C10H13N5OS/c1-6(11)7-3-4-12-8(5-7)17-10-14-13-9(16)15(10)2/h3-6H,11H2,1-2H3,(H,13,16). The van der Waals surface area contributed by atoms with Crippen molar-refractivity contribution in [2.75, 3.05) is 0 Å². The first-order chi connectivity index (χ1) is 8.08. The molecule has 2 aromatic rings. The number of aromatic nitrogens is 4. The van der Waals surface area contributed by atoms with Gasteiger partial charge in [-0.05, 0) is 36.4 Å². The van der Waals surface area contributed by atoms with E-state index < -0.39 is 0 Å². The molecule has 0 bridgehead atoms. The van der Waals surface area contributed by atoms with E-state index in [-0.39, 0.29) is 11.7 Å². The van der Waals surface area contributed by atoms with Gasteiger partial charge in [-0.3, -0.25) is 4.57 Å². The van der Waals surface area contributed by atoms with Gasteiger partial charge >= 0.3 is 5.69 Å². The van der Waals surface area contributed by atoms with Crippen molar-refractivity contribution in [1.29, 1.82) is 0 Å². The van der Waals surface area contributed by atoms with Crippen molar-refractivity contribution in [3.8, 4) is 0 Å². The van der Waals surface area contributed by atoms with Crippen molar-refractivity contribution in [2.24, 2.45) is 12.8 Å². The van der Waals surface area contributed by atoms with E-state index in [9.17, 15) is 4.79 Å². The van der Waals surface area contributed by atoms with Crippen LogP contribution in [0.2, 0.25) is 0 Å². The first-order valence-corrected chi connectivity index (χ1v) is 5.90. The van der Waals surface area contributed by atoms with Gasteiger partial charge in [-0.1, -0.05) is 0 Å². The fraction of sp³-hybridized carbons (Fsp3) is 0.300. The Hall–Kier alpha value is -1.60. The lowest BCUT2D eigenvalue weighted by atomic mass is 10.1. The lowest BCUT2D eigenvalue weighted by Gasteiger charge is -2.06. The number of nitrogens with two attached hydrogens (primary N) is 1. The average molecular weight is 251 g/mol. The molecule has 0 fully saturated rings. The van der Waals surface area contributed by atoms with Crippen molar-refractivity contribution in [3.63, 3.8) is 0 Å². The molecule has 0 amide bonds. The van der Waals surface area contributed by atoms with Crippen LogP contribution in [0.3, 0.4) is 0 Å². The third-order valence-electron chi connectivity index (χ3n) is 2.32. The quantitative estimate of drug-likeness (QED) is 0.837. The smallest absolute Gasteiger partial charge is 0.324 e. The highest BCUT2D eigenvalue weighted by atomic mass is 32.2. The van der Waals surface area contributed by atoms with Crippen LogP contribution in [0.1, 0.15) is 18.5 Å². The monoisotopic (exact) mass is 251 g/mol. The van der Waals surface area contributed by atoms with Gasteiger partial charge in [0.2, 0.25) is 0 Å². The molecule has 3 N–H and O–H groups in total. The number of nitrogens with zero attached hydrogens (tertiary/aromatic N) is 3. The summed E-state index contributed by atoms with van der Waals surface area (Å²) in [5, 5.41) is 7.62. The Labute approximate surface area is 102 Å². The summed E-state index contributed by atoms with van der Waals surface area (Å²) in [6.07, 6.45) is 1.70. The first kappa shape index (κ1) is 11.9. The van der Waals surface area contributed by atoms with Gasteiger partial charge in [-0.15, -0.1) is 5.10 Å². The Balaban J connectivity index is 2.27. The second-order valence-electron chi connectivity index (χ2n) is 3.69. The topological polar surface area (TPSA) is 89.6 Å². The zero-order valence-corrected chi connectivity index (χ0v) is 10.4. The van der Waals surface area contributed by atoms with Gasteiger partial charge in [0, 0.05) is 19.3 Å². The van der Waals surface area contributed by atoms with Crippen LogP contribution in [0.5, 0.6) is 0 Å². The summed E-state index contributed by atoms with van der Waals surface area (Å²) in [4.78, 5) is 15.4. The fourth-order valence-electron chi connectivity index (χ4n) is 1.28. The molecule has 0 aliphatic heterocycles. The predicted molar refractivity (Wildman–Crippen MR) is 64.8 cm³/mol. The summed E-state index contributed by atoms with van der Waals surface area (Å²) in [5.74, 6) is 0. The van der Waals surface area contributed by atoms with Crippen LogP contribution in [0.15, 0.2) is 33.3 Å². The maximum Gasteiger partial charge on any atom is 0.343 e. The van der Waals surface area contributed by atoms with E-state index in [1.807, 2.05) is 19.1 Å². The van der Waals surface area contributed by atoms with Crippen LogP contribution in [-0.4, -0.2) is 19.7 Å². The molecule has 0 saturated heterocycles. The SMILES string of the molecule is CC(N)c1ccnc(Sc2n[nH]c(=O)n2C)c1. The summed E-state index contributed by atoms with van der Waals surface area (Å²) < 4.78 is 1.44. The maximum absolute atomic E-state index is 11.2. The molecule has 1 unspecified atom stereocenters. The third-order valence-corrected chi connectivity index (χ3v) is 3.30. The molecule has 0 radical (unpaired) electrons. The van der Waals surface area contributed by atoms with E-state index in [1.165, 1.54) is 16.3 Å². The minimum absolute atomic E-state index is 0.0413. The molecule has 90 valence electrons. The van der Waals surface area contributed by atoms with E-state index in [0.717, 1.165) is 10.6 Å². The third kappa shape index (κ3) is 2.56. The Morgan fingerprint density at radius 2 is 2.35 bits per heavy atom. The van der Waals surface area contributed by atoms with E-state index in [0.29, 0.717) is 5.16 Å². The molecular formula is C10H13N5OS. The molecule has 2 heterocycles. The second-order valence-corrected chi connectivity index (χ2v) is 4.68. The predicted octanol–water partition coefficient (Wildman–Crippen LogP) is 0.674.